The summed E-state index contributed by atoms with van der Waals surface area (Å²) in [5.41, 5.74) is 0.294. The fourth-order valence-electron chi connectivity index (χ4n) is 2.56. The third-order valence-corrected chi connectivity index (χ3v) is 4.30. The monoisotopic (exact) mass is 514 g/mol. The third kappa shape index (κ3) is 17.9. The van der Waals surface area contributed by atoms with Crippen molar-refractivity contribution >= 4 is 17.7 Å². The lowest BCUT2D eigenvalue weighted by Crippen LogP contribution is -2.20. The Hall–Kier alpha value is -2.41. The van der Waals surface area contributed by atoms with Crippen LogP contribution in [0.15, 0.2) is 30.3 Å². The van der Waals surface area contributed by atoms with Crippen LogP contribution in [0.1, 0.15) is 23.7 Å². The first-order valence-corrected chi connectivity index (χ1v) is 12.0. The molecule has 36 heavy (non-hydrogen) atoms. The van der Waals surface area contributed by atoms with E-state index < -0.39 is 11.8 Å². The molecule has 0 N–H and O–H groups in total. The SMILES string of the molecule is CCOC(=O)CCOCCOCCOCCOCCOCCOCCOC(=O)C(=O)c1ccccc1. The summed E-state index contributed by atoms with van der Waals surface area (Å²) in [4.78, 5) is 34.6. The molecule has 0 fully saturated rings. The van der Waals surface area contributed by atoms with Gasteiger partial charge in [0.05, 0.1) is 92.3 Å². The molecular weight excluding hydrogens is 476 g/mol. The molecule has 0 saturated carbocycles. The van der Waals surface area contributed by atoms with Crippen LogP contribution in [0, 0.1) is 0 Å². The lowest BCUT2D eigenvalue weighted by Gasteiger charge is -2.08. The zero-order valence-corrected chi connectivity index (χ0v) is 21.0. The van der Waals surface area contributed by atoms with Crippen molar-refractivity contribution in [1.82, 2.24) is 0 Å². The van der Waals surface area contributed by atoms with Gasteiger partial charge < -0.3 is 37.9 Å². The van der Waals surface area contributed by atoms with Gasteiger partial charge in [0.1, 0.15) is 6.61 Å². The Kier molecular flexibility index (Phi) is 20.2. The normalized spacial score (nSPS) is 10.8. The highest BCUT2D eigenvalue weighted by molar-refractivity contribution is 6.40. The lowest BCUT2D eigenvalue weighted by molar-refractivity contribution is -0.144. The Morgan fingerprint density at radius 3 is 1.42 bits per heavy atom. The maximum absolute atomic E-state index is 11.8. The van der Waals surface area contributed by atoms with Gasteiger partial charge in [0.25, 0.3) is 5.78 Å². The molecular formula is C25H38O11. The first kappa shape index (κ1) is 31.6. The molecule has 0 aliphatic rings. The summed E-state index contributed by atoms with van der Waals surface area (Å²) in [5, 5.41) is 0. The number of ketones is 1. The topological polar surface area (TPSA) is 125 Å². The average Bonchev–Trinajstić information content (AvgIpc) is 2.89. The van der Waals surface area contributed by atoms with E-state index in [2.05, 4.69) is 0 Å². The minimum absolute atomic E-state index is 0.00351. The van der Waals surface area contributed by atoms with Crippen molar-refractivity contribution in [1.29, 1.82) is 0 Å². The average molecular weight is 515 g/mol. The van der Waals surface area contributed by atoms with Crippen molar-refractivity contribution in [2.45, 2.75) is 13.3 Å². The molecule has 11 nitrogen and oxygen atoms in total. The van der Waals surface area contributed by atoms with Gasteiger partial charge in [-0.15, -0.1) is 0 Å². The summed E-state index contributed by atoms with van der Waals surface area (Å²) >= 11 is 0. The van der Waals surface area contributed by atoms with Gasteiger partial charge in [-0.3, -0.25) is 9.59 Å². The van der Waals surface area contributed by atoms with Crippen LogP contribution >= 0.6 is 0 Å². The second-order valence-corrected chi connectivity index (χ2v) is 7.06. The minimum Gasteiger partial charge on any atom is -0.466 e. The quantitative estimate of drug-likeness (QED) is 0.0862. The number of hydrogen-bond acceptors (Lipinski definition) is 11. The molecule has 0 aliphatic carbocycles. The fourth-order valence-corrected chi connectivity index (χ4v) is 2.56. The van der Waals surface area contributed by atoms with E-state index in [4.69, 9.17) is 37.9 Å². The van der Waals surface area contributed by atoms with E-state index in [1.807, 2.05) is 0 Å². The van der Waals surface area contributed by atoms with E-state index in [9.17, 15) is 14.4 Å². The molecule has 1 rings (SSSR count). The Morgan fingerprint density at radius 2 is 0.972 bits per heavy atom. The number of rotatable bonds is 24. The highest BCUT2D eigenvalue weighted by atomic mass is 16.6. The summed E-state index contributed by atoms with van der Waals surface area (Å²) < 4.78 is 41.8. The fraction of sp³-hybridized carbons (Fsp3) is 0.640. The molecule has 0 aliphatic heterocycles. The summed E-state index contributed by atoms with van der Waals surface area (Å²) in [6.07, 6.45) is 0.244. The predicted molar refractivity (Wildman–Crippen MR) is 128 cm³/mol. The van der Waals surface area contributed by atoms with Gasteiger partial charge in [0, 0.05) is 5.56 Å². The number of Topliss-reactive ketones (excluding diaryl/α,β-unsaturated/α-hetero) is 1. The van der Waals surface area contributed by atoms with Crippen LogP contribution in [0.25, 0.3) is 0 Å². The molecule has 0 aromatic heterocycles. The number of carbonyl (C=O) groups excluding carboxylic acids is 3. The van der Waals surface area contributed by atoms with Gasteiger partial charge in [-0.25, -0.2) is 4.79 Å². The molecule has 0 unspecified atom stereocenters. The Bertz CT molecular complexity index is 697. The van der Waals surface area contributed by atoms with Crippen LogP contribution in [-0.4, -0.2) is 110 Å². The molecule has 0 atom stereocenters. The molecule has 0 amide bonds. The second-order valence-electron chi connectivity index (χ2n) is 7.06. The first-order valence-electron chi connectivity index (χ1n) is 12.0. The molecule has 0 heterocycles. The van der Waals surface area contributed by atoms with E-state index in [1.165, 1.54) is 0 Å². The molecule has 1 aromatic carbocycles. The maximum Gasteiger partial charge on any atom is 0.379 e. The minimum atomic E-state index is -0.899. The smallest absolute Gasteiger partial charge is 0.379 e. The zero-order chi connectivity index (χ0) is 26.1. The zero-order valence-electron chi connectivity index (χ0n) is 21.0. The Morgan fingerprint density at radius 1 is 0.556 bits per heavy atom. The van der Waals surface area contributed by atoms with E-state index in [1.54, 1.807) is 37.3 Å². The van der Waals surface area contributed by atoms with Crippen molar-refractivity contribution in [2.75, 3.05) is 92.5 Å². The van der Waals surface area contributed by atoms with Gasteiger partial charge in [0.2, 0.25) is 0 Å². The van der Waals surface area contributed by atoms with Crippen molar-refractivity contribution < 1.29 is 52.3 Å². The van der Waals surface area contributed by atoms with E-state index in [0.29, 0.717) is 84.8 Å². The van der Waals surface area contributed by atoms with Crippen molar-refractivity contribution in [3.63, 3.8) is 0 Å². The maximum atomic E-state index is 11.8. The predicted octanol–water partition coefficient (Wildman–Crippen LogP) is 1.47. The second kappa shape index (κ2) is 23.0. The van der Waals surface area contributed by atoms with Crippen LogP contribution in [0.2, 0.25) is 0 Å². The number of carbonyl (C=O) groups is 3. The standard InChI is InChI=1S/C25H38O11/c1-2-35-23(26)8-9-29-10-11-30-12-13-31-14-15-32-16-17-33-18-19-34-20-21-36-25(28)24(27)22-6-4-3-5-7-22/h3-7H,2,8-21H2,1H3. The van der Waals surface area contributed by atoms with Crippen molar-refractivity contribution in [3.05, 3.63) is 35.9 Å². The van der Waals surface area contributed by atoms with Crippen LogP contribution in [0.4, 0.5) is 0 Å². The summed E-state index contributed by atoms with van der Waals surface area (Å²) in [5.74, 6) is -1.84. The highest BCUT2D eigenvalue weighted by Crippen LogP contribution is 2.01. The summed E-state index contributed by atoms with van der Waals surface area (Å²) in [6.45, 7) is 6.86. The third-order valence-electron chi connectivity index (χ3n) is 4.30. The Balaban J connectivity index is 1.74. The number of benzene rings is 1. The highest BCUT2D eigenvalue weighted by Gasteiger charge is 2.17. The van der Waals surface area contributed by atoms with E-state index in [-0.39, 0.29) is 25.6 Å². The number of hydrogen-bond donors (Lipinski definition) is 0. The molecule has 0 bridgehead atoms. The lowest BCUT2D eigenvalue weighted by atomic mass is 10.1. The van der Waals surface area contributed by atoms with Gasteiger partial charge >= 0.3 is 11.9 Å². The first-order chi connectivity index (χ1) is 17.6. The molecule has 0 spiro atoms. The van der Waals surface area contributed by atoms with Gasteiger partial charge in [-0.1, -0.05) is 30.3 Å². The molecule has 1 aromatic rings. The van der Waals surface area contributed by atoms with Crippen molar-refractivity contribution in [2.24, 2.45) is 0 Å². The van der Waals surface area contributed by atoms with Crippen LogP contribution in [-0.2, 0) is 47.5 Å². The van der Waals surface area contributed by atoms with Crippen molar-refractivity contribution in [3.8, 4) is 0 Å². The molecule has 204 valence electrons. The molecule has 11 heteroatoms. The summed E-state index contributed by atoms with van der Waals surface area (Å²) in [7, 11) is 0. The van der Waals surface area contributed by atoms with E-state index >= 15 is 0 Å². The van der Waals surface area contributed by atoms with Crippen LogP contribution in [0.3, 0.4) is 0 Å². The van der Waals surface area contributed by atoms with Gasteiger partial charge in [-0.05, 0) is 6.92 Å². The Labute approximate surface area is 212 Å². The van der Waals surface area contributed by atoms with Gasteiger partial charge in [-0.2, -0.15) is 0 Å². The summed E-state index contributed by atoms with van der Waals surface area (Å²) in [6, 6.07) is 8.24. The number of esters is 2. The van der Waals surface area contributed by atoms with Crippen LogP contribution in [0.5, 0.6) is 0 Å². The molecule has 0 saturated heterocycles. The molecule has 0 radical (unpaired) electrons. The van der Waals surface area contributed by atoms with E-state index in [0.717, 1.165) is 0 Å². The number of ether oxygens (including phenoxy) is 8. The van der Waals surface area contributed by atoms with Gasteiger partial charge in [0.15, 0.2) is 0 Å². The van der Waals surface area contributed by atoms with Crippen LogP contribution < -0.4 is 0 Å². The largest absolute Gasteiger partial charge is 0.466 e.